The topological polar surface area (TPSA) is 83.9 Å². The third-order valence-electron chi connectivity index (χ3n) is 3.28. The van der Waals surface area contributed by atoms with Crippen molar-refractivity contribution >= 4 is 27.4 Å². The number of carboxylic acids is 1. The molecule has 6 nitrogen and oxygen atoms in total. The van der Waals surface area contributed by atoms with Gasteiger partial charge in [0.15, 0.2) is 9.84 Å². The molecule has 0 aliphatic carbocycles. The first-order valence-corrected chi connectivity index (χ1v) is 8.66. The van der Waals surface area contributed by atoms with E-state index in [0.717, 1.165) is 0 Å². The van der Waals surface area contributed by atoms with Crippen molar-refractivity contribution in [3.63, 3.8) is 0 Å². The van der Waals surface area contributed by atoms with Gasteiger partial charge >= 0.3 is 5.97 Å². The molecule has 2 rings (SSSR count). The van der Waals surface area contributed by atoms with E-state index in [4.69, 9.17) is 21.4 Å². The zero-order valence-corrected chi connectivity index (χ0v) is 12.9. The maximum atomic E-state index is 11.3. The van der Waals surface area contributed by atoms with Gasteiger partial charge in [0, 0.05) is 24.7 Å². The van der Waals surface area contributed by atoms with Crippen molar-refractivity contribution in [1.82, 2.24) is 4.90 Å². The molecule has 0 bridgehead atoms. The molecule has 1 aromatic rings. The monoisotopic (exact) mass is 333 g/mol. The average molecular weight is 334 g/mol. The van der Waals surface area contributed by atoms with Gasteiger partial charge in [-0.2, -0.15) is 0 Å². The first kappa shape index (κ1) is 16.1. The zero-order valence-electron chi connectivity index (χ0n) is 11.3. The molecule has 0 unspecified atom stereocenters. The van der Waals surface area contributed by atoms with Crippen molar-refractivity contribution in [2.75, 3.05) is 37.7 Å². The second kappa shape index (κ2) is 6.64. The van der Waals surface area contributed by atoms with Crippen LogP contribution < -0.4 is 4.74 Å². The van der Waals surface area contributed by atoms with E-state index in [9.17, 15) is 13.2 Å². The molecule has 0 radical (unpaired) electrons. The normalized spacial score (nSPS) is 18.3. The van der Waals surface area contributed by atoms with Gasteiger partial charge in [-0.05, 0) is 18.2 Å². The standard InChI is InChI=1S/C13H16ClNO5S/c14-10-1-2-11(13(16)17)12(9-10)20-6-3-15-4-7-21(18,19)8-5-15/h1-2,9H,3-8H2,(H,16,17). The number of rotatable bonds is 5. The first-order chi connectivity index (χ1) is 9.87. The van der Waals surface area contributed by atoms with Crippen molar-refractivity contribution in [3.8, 4) is 5.75 Å². The van der Waals surface area contributed by atoms with Crippen LogP contribution in [0.3, 0.4) is 0 Å². The van der Waals surface area contributed by atoms with E-state index in [-0.39, 0.29) is 29.4 Å². The van der Waals surface area contributed by atoms with E-state index in [1.807, 2.05) is 4.90 Å². The van der Waals surface area contributed by atoms with E-state index in [1.54, 1.807) is 0 Å². The molecule has 1 heterocycles. The van der Waals surface area contributed by atoms with E-state index >= 15 is 0 Å². The molecule has 1 N–H and O–H groups in total. The van der Waals surface area contributed by atoms with Crippen LogP contribution in [0.5, 0.6) is 5.75 Å². The van der Waals surface area contributed by atoms with Gasteiger partial charge in [0.05, 0.1) is 11.5 Å². The Bertz CT molecular complexity index is 617. The molecular formula is C13H16ClNO5S. The maximum absolute atomic E-state index is 11.3. The number of hydrogen-bond acceptors (Lipinski definition) is 5. The predicted molar refractivity (Wildman–Crippen MR) is 79.0 cm³/mol. The van der Waals surface area contributed by atoms with Crippen molar-refractivity contribution in [2.45, 2.75) is 0 Å². The molecule has 8 heteroatoms. The van der Waals surface area contributed by atoms with Gasteiger partial charge in [0.2, 0.25) is 0 Å². The minimum Gasteiger partial charge on any atom is -0.491 e. The lowest BCUT2D eigenvalue weighted by Crippen LogP contribution is -2.42. The van der Waals surface area contributed by atoms with Crippen LogP contribution in [0.15, 0.2) is 18.2 Å². The Morgan fingerprint density at radius 2 is 2.00 bits per heavy atom. The Hall–Kier alpha value is -1.31. The lowest BCUT2D eigenvalue weighted by atomic mass is 10.2. The fourth-order valence-corrected chi connectivity index (χ4v) is 3.49. The minimum absolute atomic E-state index is 0.0561. The quantitative estimate of drug-likeness (QED) is 0.870. The minimum atomic E-state index is -2.89. The highest BCUT2D eigenvalue weighted by Crippen LogP contribution is 2.23. The van der Waals surface area contributed by atoms with Crippen LogP contribution >= 0.6 is 11.6 Å². The highest BCUT2D eigenvalue weighted by atomic mass is 35.5. The number of halogens is 1. The zero-order chi connectivity index (χ0) is 15.5. The summed E-state index contributed by atoms with van der Waals surface area (Å²) in [6.07, 6.45) is 0. The molecule has 0 saturated carbocycles. The summed E-state index contributed by atoms with van der Waals surface area (Å²) in [5, 5.41) is 9.46. The fraction of sp³-hybridized carbons (Fsp3) is 0.462. The Balaban J connectivity index is 1.89. The van der Waals surface area contributed by atoms with E-state index < -0.39 is 15.8 Å². The van der Waals surface area contributed by atoms with Gasteiger partial charge in [-0.3, -0.25) is 4.90 Å². The molecule has 0 atom stereocenters. The van der Waals surface area contributed by atoms with Gasteiger partial charge in [-0.1, -0.05) is 11.6 Å². The Labute approximate surface area is 128 Å². The Morgan fingerprint density at radius 1 is 1.33 bits per heavy atom. The van der Waals surface area contributed by atoms with Crippen LogP contribution in [0.4, 0.5) is 0 Å². The SMILES string of the molecule is O=C(O)c1ccc(Cl)cc1OCCN1CCS(=O)(=O)CC1. The summed E-state index contributed by atoms with van der Waals surface area (Å²) in [7, 11) is -2.89. The van der Waals surface area contributed by atoms with E-state index in [2.05, 4.69) is 0 Å². The molecule has 0 aromatic heterocycles. The van der Waals surface area contributed by atoms with Crippen LogP contribution in [-0.2, 0) is 9.84 Å². The summed E-state index contributed by atoms with van der Waals surface area (Å²) in [5.74, 6) is -0.542. The van der Waals surface area contributed by atoms with E-state index in [0.29, 0.717) is 24.7 Å². The largest absolute Gasteiger partial charge is 0.491 e. The van der Waals surface area contributed by atoms with Crippen molar-refractivity contribution in [1.29, 1.82) is 0 Å². The van der Waals surface area contributed by atoms with Gasteiger partial charge in [0.25, 0.3) is 0 Å². The van der Waals surface area contributed by atoms with Gasteiger partial charge in [-0.25, -0.2) is 13.2 Å². The van der Waals surface area contributed by atoms with Crippen molar-refractivity contribution in [2.24, 2.45) is 0 Å². The molecular weight excluding hydrogens is 318 g/mol. The number of aromatic carboxylic acids is 1. The van der Waals surface area contributed by atoms with Crippen LogP contribution in [0, 0.1) is 0 Å². The Kier molecular flexibility index (Phi) is 5.08. The molecule has 0 amide bonds. The van der Waals surface area contributed by atoms with Gasteiger partial charge in [0.1, 0.15) is 17.9 Å². The van der Waals surface area contributed by atoms with Gasteiger partial charge < -0.3 is 9.84 Å². The number of sulfone groups is 1. The summed E-state index contributed by atoms with van der Waals surface area (Å²) in [5.41, 5.74) is 0.0561. The number of benzene rings is 1. The number of hydrogen-bond donors (Lipinski definition) is 1. The molecule has 1 aliphatic heterocycles. The lowest BCUT2D eigenvalue weighted by Gasteiger charge is -2.26. The summed E-state index contributed by atoms with van der Waals surface area (Å²) in [6.45, 7) is 1.78. The van der Waals surface area contributed by atoms with Crippen LogP contribution in [-0.4, -0.2) is 62.1 Å². The highest BCUT2D eigenvalue weighted by molar-refractivity contribution is 7.91. The molecule has 21 heavy (non-hydrogen) atoms. The third kappa shape index (κ3) is 4.59. The molecule has 1 fully saturated rings. The average Bonchev–Trinajstić information content (AvgIpc) is 2.40. The van der Waals surface area contributed by atoms with Crippen LogP contribution in [0.1, 0.15) is 10.4 Å². The predicted octanol–water partition coefficient (Wildman–Crippen LogP) is 1.15. The number of carbonyl (C=O) groups is 1. The van der Waals surface area contributed by atoms with Gasteiger partial charge in [-0.15, -0.1) is 0 Å². The third-order valence-corrected chi connectivity index (χ3v) is 5.12. The summed E-state index contributed by atoms with van der Waals surface area (Å²) in [4.78, 5) is 13.0. The smallest absolute Gasteiger partial charge is 0.339 e. The molecule has 116 valence electrons. The number of carboxylic acid groups (broad SMARTS) is 1. The summed E-state index contributed by atoms with van der Waals surface area (Å²) >= 11 is 5.83. The summed E-state index contributed by atoms with van der Waals surface area (Å²) < 4.78 is 28.1. The molecule has 1 aliphatic rings. The second-order valence-corrected chi connectivity index (χ2v) is 7.53. The summed E-state index contributed by atoms with van der Waals surface area (Å²) in [6, 6.07) is 4.35. The van der Waals surface area contributed by atoms with Crippen molar-refractivity contribution < 1.29 is 23.1 Å². The lowest BCUT2D eigenvalue weighted by molar-refractivity contribution is 0.0691. The maximum Gasteiger partial charge on any atom is 0.339 e. The Morgan fingerprint density at radius 3 is 2.62 bits per heavy atom. The van der Waals surface area contributed by atoms with Crippen LogP contribution in [0.2, 0.25) is 5.02 Å². The highest BCUT2D eigenvalue weighted by Gasteiger charge is 2.21. The molecule has 0 spiro atoms. The second-order valence-electron chi connectivity index (χ2n) is 4.79. The van der Waals surface area contributed by atoms with E-state index in [1.165, 1.54) is 18.2 Å². The van der Waals surface area contributed by atoms with Crippen molar-refractivity contribution in [3.05, 3.63) is 28.8 Å². The first-order valence-electron chi connectivity index (χ1n) is 6.46. The number of nitrogens with zero attached hydrogens (tertiary/aromatic N) is 1. The number of ether oxygens (including phenoxy) is 1. The fourth-order valence-electron chi connectivity index (χ4n) is 2.05. The molecule has 1 saturated heterocycles. The van der Waals surface area contributed by atoms with Crippen LogP contribution in [0.25, 0.3) is 0 Å². The molecule has 1 aromatic carbocycles.